The molecular formula is C17H16O3. The summed E-state index contributed by atoms with van der Waals surface area (Å²) in [6.07, 6.45) is 0.392. The van der Waals surface area contributed by atoms with Crippen molar-refractivity contribution in [2.45, 2.75) is 12.8 Å². The van der Waals surface area contributed by atoms with E-state index in [0.29, 0.717) is 12.0 Å². The maximum Gasteiger partial charge on any atom is 0.307 e. The predicted octanol–water partition coefficient (Wildman–Crippen LogP) is 3.20. The normalized spacial score (nSPS) is 11.8. The first-order valence-electron chi connectivity index (χ1n) is 6.52. The van der Waals surface area contributed by atoms with Gasteiger partial charge in [0, 0.05) is 12.0 Å². The summed E-state index contributed by atoms with van der Waals surface area (Å²) in [7, 11) is 0. The maximum atomic E-state index is 12.1. The second-order valence-corrected chi connectivity index (χ2v) is 4.72. The average molecular weight is 268 g/mol. The lowest BCUT2D eigenvalue weighted by atomic mass is 9.92. The second-order valence-electron chi connectivity index (χ2n) is 4.72. The summed E-state index contributed by atoms with van der Waals surface area (Å²) < 4.78 is 0. The van der Waals surface area contributed by atoms with E-state index in [-0.39, 0.29) is 12.2 Å². The van der Waals surface area contributed by atoms with Gasteiger partial charge in [0.05, 0.1) is 5.92 Å². The second kappa shape index (κ2) is 6.66. The minimum Gasteiger partial charge on any atom is -0.481 e. The van der Waals surface area contributed by atoms with Crippen molar-refractivity contribution in [3.05, 3.63) is 71.8 Å². The molecule has 2 aromatic rings. The largest absolute Gasteiger partial charge is 0.481 e. The number of carbonyl (C=O) groups is 2. The van der Waals surface area contributed by atoms with Crippen molar-refractivity contribution in [1.82, 2.24) is 0 Å². The number of carboxylic acids is 1. The van der Waals surface area contributed by atoms with Gasteiger partial charge in [-0.1, -0.05) is 60.7 Å². The van der Waals surface area contributed by atoms with Crippen molar-refractivity contribution in [3.63, 3.8) is 0 Å². The van der Waals surface area contributed by atoms with Gasteiger partial charge in [-0.3, -0.25) is 9.59 Å². The molecule has 0 fully saturated rings. The van der Waals surface area contributed by atoms with Crippen LogP contribution >= 0.6 is 0 Å². The van der Waals surface area contributed by atoms with Crippen molar-refractivity contribution in [2.75, 3.05) is 0 Å². The topological polar surface area (TPSA) is 54.4 Å². The first kappa shape index (κ1) is 14.0. The average Bonchev–Trinajstić information content (AvgIpc) is 2.48. The molecule has 0 aliphatic heterocycles. The van der Waals surface area contributed by atoms with Crippen LogP contribution < -0.4 is 0 Å². The van der Waals surface area contributed by atoms with Gasteiger partial charge < -0.3 is 5.11 Å². The number of hydrogen-bond acceptors (Lipinski definition) is 2. The number of rotatable bonds is 6. The maximum absolute atomic E-state index is 12.1. The van der Waals surface area contributed by atoms with Crippen LogP contribution in [0.1, 0.15) is 22.3 Å². The number of ketones is 1. The Morgan fingerprint density at radius 2 is 1.45 bits per heavy atom. The molecule has 2 aromatic carbocycles. The number of carbonyl (C=O) groups excluding carboxylic acids is 1. The molecule has 1 N–H and O–H groups in total. The monoisotopic (exact) mass is 268 g/mol. The molecule has 0 saturated carbocycles. The molecule has 0 aromatic heterocycles. The fraction of sp³-hybridized carbons (Fsp3) is 0.176. The van der Waals surface area contributed by atoms with Crippen LogP contribution in [0.4, 0.5) is 0 Å². The molecule has 3 nitrogen and oxygen atoms in total. The zero-order valence-corrected chi connectivity index (χ0v) is 11.0. The third-order valence-electron chi connectivity index (χ3n) is 3.20. The van der Waals surface area contributed by atoms with Crippen LogP contribution in [0.2, 0.25) is 0 Å². The van der Waals surface area contributed by atoms with E-state index in [1.807, 2.05) is 36.4 Å². The Kier molecular flexibility index (Phi) is 4.66. The molecule has 20 heavy (non-hydrogen) atoms. The minimum atomic E-state index is -0.932. The van der Waals surface area contributed by atoms with Gasteiger partial charge in [-0.15, -0.1) is 0 Å². The molecule has 2 rings (SSSR count). The van der Waals surface area contributed by atoms with E-state index in [9.17, 15) is 14.7 Å². The van der Waals surface area contributed by atoms with Gasteiger partial charge >= 0.3 is 5.97 Å². The van der Waals surface area contributed by atoms with Crippen molar-refractivity contribution in [2.24, 2.45) is 5.92 Å². The fourth-order valence-electron chi connectivity index (χ4n) is 2.11. The van der Waals surface area contributed by atoms with Crippen LogP contribution in [0.25, 0.3) is 0 Å². The Hall–Kier alpha value is -2.42. The van der Waals surface area contributed by atoms with Crippen LogP contribution in [0.3, 0.4) is 0 Å². The van der Waals surface area contributed by atoms with Gasteiger partial charge in [-0.2, -0.15) is 0 Å². The van der Waals surface area contributed by atoms with E-state index in [0.717, 1.165) is 5.56 Å². The Labute approximate surface area is 117 Å². The SMILES string of the molecule is O=C(C[C@H](Cc1ccccc1)C(=O)O)c1ccccc1. The number of benzene rings is 2. The molecule has 0 aliphatic carbocycles. The smallest absolute Gasteiger partial charge is 0.307 e. The van der Waals surface area contributed by atoms with E-state index in [2.05, 4.69) is 0 Å². The van der Waals surface area contributed by atoms with Crippen molar-refractivity contribution < 1.29 is 14.7 Å². The molecule has 0 amide bonds. The van der Waals surface area contributed by atoms with E-state index in [1.54, 1.807) is 24.3 Å². The summed E-state index contributed by atoms with van der Waals surface area (Å²) in [5, 5.41) is 9.28. The summed E-state index contributed by atoms with van der Waals surface area (Å²) >= 11 is 0. The summed E-state index contributed by atoms with van der Waals surface area (Å²) in [5.41, 5.74) is 1.49. The molecule has 1 atom stereocenters. The molecule has 0 spiro atoms. The lowest BCUT2D eigenvalue weighted by Crippen LogP contribution is -2.20. The molecule has 0 bridgehead atoms. The van der Waals surface area contributed by atoms with Crippen LogP contribution in [-0.2, 0) is 11.2 Å². The molecule has 0 saturated heterocycles. The number of Topliss-reactive ketones (excluding diaryl/α,β-unsaturated/α-hetero) is 1. The third kappa shape index (κ3) is 3.79. The van der Waals surface area contributed by atoms with Crippen molar-refractivity contribution in [3.8, 4) is 0 Å². The van der Waals surface area contributed by atoms with E-state index in [1.165, 1.54) is 0 Å². The first-order valence-corrected chi connectivity index (χ1v) is 6.52. The molecule has 0 heterocycles. The van der Waals surface area contributed by atoms with E-state index >= 15 is 0 Å². The number of hydrogen-bond donors (Lipinski definition) is 1. The molecule has 0 aliphatic rings. The van der Waals surface area contributed by atoms with Gasteiger partial charge in [0.25, 0.3) is 0 Å². The molecular weight excluding hydrogens is 252 g/mol. The first-order chi connectivity index (χ1) is 9.66. The number of carboxylic acid groups (broad SMARTS) is 1. The fourth-order valence-corrected chi connectivity index (χ4v) is 2.11. The Morgan fingerprint density at radius 3 is 2.00 bits per heavy atom. The Bertz CT molecular complexity index is 576. The van der Waals surface area contributed by atoms with Crippen molar-refractivity contribution in [1.29, 1.82) is 0 Å². The van der Waals surface area contributed by atoms with Gasteiger partial charge in [0.2, 0.25) is 0 Å². The highest BCUT2D eigenvalue weighted by Gasteiger charge is 2.22. The van der Waals surface area contributed by atoms with Gasteiger partial charge in [-0.05, 0) is 12.0 Å². The van der Waals surface area contributed by atoms with Gasteiger partial charge in [-0.25, -0.2) is 0 Å². The van der Waals surface area contributed by atoms with Crippen LogP contribution in [-0.4, -0.2) is 16.9 Å². The molecule has 0 unspecified atom stereocenters. The van der Waals surface area contributed by atoms with E-state index < -0.39 is 11.9 Å². The Balaban J connectivity index is 2.07. The van der Waals surface area contributed by atoms with E-state index in [4.69, 9.17) is 0 Å². The zero-order valence-electron chi connectivity index (χ0n) is 11.0. The summed E-state index contributed by atoms with van der Waals surface area (Å²) in [4.78, 5) is 23.4. The highest BCUT2D eigenvalue weighted by atomic mass is 16.4. The predicted molar refractivity (Wildman–Crippen MR) is 76.7 cm³/mol. The van der Waals surface area contributed by atoms with Gasteiger partial charge in [0.1, 0.15) is 0 Å². The summed E-state index contributed by atoms with van der Waals surface area (Å²) in [6, 6.07) is 18.2. The number of aliphatic carboxylic acids is 1. The standard InChI is InChI=1S/C17H16O3/c18-16(14-9-5-2-6-10-14)12-15(17(19)20)11-13-7-3-1-4-8-13/h1-10,15H,11-12H2,(H,19,20)/t15-/m0/s1. The molecule has 3 heteroatoms. The summed E-state index contributed by atoms with van der Waals surface area (Å²) in [5.74, 6) is -1.75. The highest BCUT2D eigenvalue weighted by Crippen LogP contribution is 2.16. The van der Waals surface area contributed by atoms with Crippen LogP contribution in [0.15, 0.2) is 60.7 Å². The van der Waals surface area contributed by atoms with Gasteiger partial charge in [0.15, 0.2) is 5.78 Å². The summed E-state index contributed by atoms with van der Waals surface area (Å²) in [6.45, 7) is 0. The minimum absolute atomic E-state index is 0.0221. The zero-order chi connectivity index (χ0) is 14.4. The lowest BCUT2D eigenvalue weighted by molar-refractivity contribution is -0.141. The third-order valence-corrected chi connectivity index (χ3v) is 3.20. The van der Waals surface area contributed by atoms with Crippen LogP contribution in [0, 0.1) is 5.92 Å². The quantitative estimate of drug-likeness (QED) is 0.818. The lowest BCUT2D eigenvalue weighted by Gasteiger charge is -2.11. The molecule has 102 valence electrons. The highest BCUT2D eigenvalue weighted by molar-refractivity contribution is 5.97. The Morgan fingerprint density at radius 1 is 0.900 bits per heavy atom. The van der Waals surface area contributed by atoms with Crippen LogP contribution in [0.5, 0.6) is 0 Å². The molecule has 0 radical (unpaired) electrons. The van der Waals surface area contributed by atoms with Crippen molar-refractivity contribution >= 4 is 11.8 Å².